The van der Waals surface area contributed by atoms with Gasteiger partial charge in [0.1, 0.15) is 21.7 Å². The molecule has 0 fully saturated rings. The maximum Gasteiger partial charge on any atom is 0.144 e. The van der Waals surface area contributed by atoms with Crippen molar-refractivity contribution in [1.29, 1.82) is 0 Å². The fourth-order valence-electron chi connectivity index (χ4n) is 2.87. The first-order valence-corrected chi connectivity index (χ1v) is 16.2. The first-order chi connectivity index (χ1) is 13.8. The largest absolute Gasteiger partial charge is 0.367 e. The van der Waals surface area contributed by atoms with Crippen LogP contribution in [0.5, 0.6) is 0 Å². The Morgan fingerprint density at radius 2 is 0.897 bits per heavy atom. The molecule has 2 unspecified atom stereocenters. The van der Waals surface area contributed by atoms with Crippen molar-refractivity contribution < 1.29 is 28.4 Å². The van der Waals surface area contributed by atoms with Gasteiger partial charge in [0, 0.05) is 52.5 Å². The van der Waals surface area contributed by atoms with Crippen LogP contribution in [0.25, 0.3) is 0 Å². The molecule has 0 saturated heterocycles. The Hall–Kier alpha value is 1.24. The van der Waals surface area contributed by atoms with Crippen LogP contribution in [0.2, 0.25) is 0 Å². The van der Waals surface area contributed by atoms with E-state index in [9.17, 15) is 0 Å². The molecule has 29 heavy (non-hydrogen) atoms. The first-order valence-electron chi connectivity index (χ1n) is 10.6. The second kappa shape index (κ2) is 17.8. The van der Waals surface area contributed by atoms with E-state index in [4.69, 9.17) is 28.4 Å². The molecule has 0 bridgehead atoms. The first kappa shape index (κ1) is 30.2. The quantitative estimate of drug-likeness (QED) is 0.141. The van der Waals surface area contributed by atoms with Crippen LogP contribution in [0.3, 0.4) is 0 Å². The molecule has 0 spiro atoms. The summed E-state index contributed by atoms with van der Waals surface area (Å²) in [4.78, 5) is 0. The zero-order valence-corrected chi connectivity index (χ0v) is 25.9. The molecule has 6 nitrogen and oxygen atoms in total. The molecule has 0 aliphatic rings. The van der Waals surface area contributed by atoms with Crippen molar-refractivity contribution in [1.82, 2.24) is 0 Å². The van der Waals surface area contributed by atoms with E-state index >= 15 is 0 Å². The maximum absolute atomic E-state index is 5.96. The molecule has 0 heterocycles. The lowest BCUT2D eigenvalue weighted by Crippen LogP contribution is -2.40. The number of hydrogen-bond donors (Lipinski definition) is 0. The number of ether oxygens (including phenoxy) is 6. The third-order valence-electron chi connectivity index (χ3n) is 3.87. The number of hydrogen-bond acceptors (Lipinski definition) is 9. The normalized spacial score (nSPS) is 15.1. The highest BCUT2D eigenvalue weighted by Crippen LogP contribution is 2.45. The molecule has 0 aromatic heterocycles. The van der Waals surface area contributed by atoms with Crippen molar-refractivity contribution in [3.8, 4) is 0 Å². The van der Waals surface area contributed by atoms with E-state index in [0.717, 1.165) is 33.3 Å². The molecule has 0 aromatic rings. The summed E-state index contributed by atoms with van der Waals surface area (Å²) in [6, 6.07) is 0. The van der Waals surface area contributed by atoms with Gasteiger partial charge in [-0.25, -0.2) is 0 Å². The minimum Gasteiger partial charge on any atom is -0.367 e. The Kier molecular flexibility index (Phi) is 18.5. The lowest BCUT2D eigenvalue weighted by atomic mass is 10.4. The van der Waals surface area contributed by atoms with Gasteiger partial charge in [0.05, 0.1) is 20.5 Å². The van der Waals surface area contributed by atoms with Crippen molar-refractivity contribution in [2.45, 2.75) is 76.1 Å². The molecule has 0 amide bonds. The van der Waals surface area contributed by atoms with E-state index in [0.29, 0.717) is 39.6 Å². The Balaban J connectivity index is 4.83. The third-order valence-corrected chi connectivity index (χ3v) is 10.2. The van der Waals surface area contributed by atoms with Gasteiger partial charge in [-0.15, -0.1) is 0 Å². The molecule has 0 aliphatic carbocycles. The van der Waals surface area contributed by atoms with Crippen molar-refractivity contribution in [2.24, 2.45) is 0 Å². The van der Waals surface area contributed by atoms with Crippen LogP contribution in [0.15, 0.2) is 0 Å². The third kappa shape index (κ3) is 14.1. The SMILES string of the molecule is CCOC(CC([SiH3])(OCC)OCC)SSSC(CC([SiH3])(OCC)OCC)OCC. The zero-order chi connectivity index (χ0) is 22.2. The monoisotopic (exact) mass is 506 g/mol. The summed E-state index contributed by atoms with van der Waals surface area (Å²) in [5.74, 6) is 0. The van der Waals surface area contributed by atoms with Crippen molar-refractivity contribution >= 4 is 51.9 Å². The standard InChI is InChI=1S/C18H42O6S3Si2/c1-7-19-15(13-17(28,21-9-3)22-10-4)25-27-26-16(20-8-2)14-18(29,23-11-5)24-12-6/h15-16H,7-14H2,1-6,28-29H3. The number of rotatable bonds is 20. The molecule has 0 aromatic carbocycles. The molecule has 0 aliphatic heterocycles. The van der Waals surface area contributed by atoms with Crippen LogP contribution in [0, 0.1) is 0 Å². The van der Waals surface area contributed by atoms with E-state index in [1.54, 1.807) is 31.4 Å². The molecule has 2 atom stereocenters. The van der Waals surface area contributed by atoms with Crippen molar-refractivity contribution in [3.63, 3.8) is 0 Å². The fourth-order valence-corrected chi connectivity index (χ4v) is 10.1. The van der Waals surface area contributed by atoms with Gasteiger partial charge in [0.25, 0.3) is 0 Å². The second-order valence-corrected chi connectivity index (χ2v) is 13.8. The van der Waals surface area contributed by atoms with E-state index in [-0.39, 0.29) is 10.9 Å². The summed E-state index contributed by atoms with van der Waals surface area (Å²) in [6.45, 7) is 15.9. The van der Waals surface area contributed by atoms with Gasteiger partial charge in [-0.2, -0.15) is 0 Å². The van der Waals surface area contributed by atoms with E-state index in [2.05, 4.69) is 0 Å². The topological polar surface area (TPSA) is 55.4 Å². The van der Waals surface area contributed by atoms with Crippen molar-refractivity contribution in [3.05, 3.63) is 0 Å². The van der Waals surface area contributed by atoms with Crippen LogP contribution < -0.4 is 0 Å². The van der Waals surface area contributed by atoms with Crippen molar-refractivity contribution in [2.75, 3.05) is 39.6 Å². The molecular weight excluding hydrogens is 465 g/mol. The summed E-state index contributed by atoms with van der Waals surface area (Å²) < 4.78 is 35.6. The minimum absolute atomic E-state index is 0.00470. The second-order valence-electron chi connectivity index (χ2n) is 6.44. The predicted molar refractivity (Wildman–Crippen MR) is 135 cm³/mol. The van der Waals surface area contributed by atoms with Gasteiger partial charge in [0.2, 0.25) is 0 Å². The summed E-state index contributed by atoms with van der Waals surface area (Å²) in [5.41, 5.74) is -1.02. The Morgan fingerprint density at radius 1 is 0.586 bits per heavy atom. The summed E-state index contributed by atoms with van der Waals surface area (Å²) in [6.07, 6.45) is 1.43. The Bertz CT molecular complexity index is 353. The van der Waals surface area contributed by atoms with Crippen LogP contribution >= 0.6 is 31.4 Å². The highest BCUT2D eigenvalue weighted by molar-refractivity contribution is 9.09. The molecule has 0 saturated carbocycles. The highest BCUT2D eigenvalue weighted by atomic mass is 33.5. The van der Waals surface area contributed by atoms with Gasteiger partial charge < -0.3 is 28.4 Å². The lowest BCUT2D eigenvalue weighted by Gasteiger charge is -2.33. The van der Waals surface area contributed by atoms with Gasteiger partial charge in [-0.1, -0.05) is 21.6 Å². The minimum atomic E-state index is -0.505. The average molecular weight is 507 g/mol. The van der Waals surface area contributed by atoms with Gasteiger partial charge in [0.15, 0.2) is 0 Å². The van der Waals surface area contributed by atoms with Gasteiger partial charge >= 0.3 is 0 Å². The van der Waals surface area contributed by atoms with Gasteiger partial charge in [-0.05, 0) is 51.4 Å². The molecule has 176 valence electrons. The van der Waals surface area contributed by atoms with Crippen LogP contribution in [0.4, 0.5) is 0 Å². The van der Waals surface area contributed by atoms with E-state index in [1.807, 2.05) is 41.5 Å². The maximum atomic E-state index is 5.96. The molecule has 0 rings (SSSR count). The summed E-state index contributed by atoms with van der Waals surface area (Å²) >= 11 is 0. The smallest absolute Gasteiger partial charge is 0.144 e. The van der Waals surface area contributed by atoms with E-state index in [1.165, 1.54) is 0 Å². The zero-order valence-electron chi connectivity index (χ0n) is 19.5. The Morgan fingerprint density at radius 3 is 1.14 bits per heavy atom. The highest BCUT2D eigenvalue weighted by Gasteiger charge is 2.32. The Labute approximate surface area is 195 Å². The summed E-state index contributed by atoms with van der Waals surface area (Å²) in [5, 5.41) is 0. The summed E-state index contributed by atoms with van der Waals surface area (Å²) in [7, 11) is 6.67. The van der Waals surface area contributed by atoms with Crippen LogP contribution in [-0.2, 0) is 28.4 Å². The average Bonchev–Trinajstić information content (AvgIpc) is 2.62. The van der Waals surface area contributed by atoms with Crippen LogP contribution in [0.1, 0.15) is 54.4 Å². The van der Waals surface area contributed by atoms with Crippen LogP contribution in [-0.4, -0.2) is 81.8 Å². The fraction of sp³-hybridized carbons (Fsp3) is 1.00. The predicted octanol–water partition coefficient (Wildman–Crippen LogP) is 2.71. The van der Waals surface area contributed by atoms with Gasteiger partial charge in [-0.3, -0.25) is 0 Å². The molecule has 0 N–H and O–H groups in total. The molecular formula is C18H42O6S3Si2. The molecule has 11 heteroatoms. The lowest BCUT2D eigenvalue weighted by molar-refractivity contribution is -0.185. The van der Waals surface area contributed by atoms with E-state index < -0.39 is 10.8 Å². The molecule has 0 radical (unpaired) electrons.